The normalized spacial score (nSPS) is 11.4. The third-order valence-electron chi connectivity index (χ3n) is 10.1. The number of terminal acetylenes is 4. The number of aromatic nitrogens is 4. The molecule has 0 atom stereocenters. The first-order valence-electron chi connectivity index (χ1n) is 18.0. The molecule has 4 heteroatoms. The minimum Gasteiger partial charge on any atom is -0.354 e. The van der Waals surface area contributed by atoms with Crippen molar-refractivity contribution in [3.05, 3.63) is 166 Å². The van der Waals surface area contributed by atoms with Crippen LogP contribution in [0.3, 0.4) is 0 Å². The first kappa shape index (κ1) is 33.5. The lowest BCUT2D eigenvalue weighted by atomic mass is 10.0. The van der Waals surface area contributed by atoms with Gasteiger partial charge in [0.05, 0.1) is 22.8 Å². The summed E-state index contributed by atoms with van der Waals surface area (Å²) in [6.45, 7) is 0. The molecular formula is C52H30N4. The van der Waals surface area contributed by atoms with Gasteiger partial charge in [-0.25, -0.2) is 9.97 Å². The molecular weight excluding hydrogens is 681 g/mol. The van der Waals surface area contributed by atoms with Gasteiger partial charge in [0.1, 0.15) is 0 Å². The first-order valence-corrected chi connectivity index (χ1v) is 18.0. The molecule has 56 heavy (non-hydrogen) atoms. The number of nitrogens with one attached hydrogen (secondary N) is 2. The topological polar surface area (TPSA) is 57.4 Å². The quantitative estimate of drug-likeness (QED) is 0.179. The van der Waals surface area contributed by atoms with Crippen LogP contribution in [0.4, 0.5) is 0 Å². The van der Waals surface area contributed by atoms with Crippen LogP contribution in [0.15, 0.2) is 121 Å². The third kappa shape index (κ3) is 5.97. The molecule has 0 amide bonds. The summed E-state index contributed by atoms with van der Waals surface area (Å²) in [5.74, 6) is 11.0. The highest BCUT2D eigenvalue weighted by molar-refractivity contribution is 6.00. The summed E-state index contributed by atoms with van der Waals surface area (Å²) in [4.78, 5) is 18.2. The zero-order valence-electron chi connectivity index (χ0n) is 30.1. The molecule has 0 unspecified atom stereocenters. The van der Waals surface area contributed by atoms with Crippen LogP contribution in [0.1, 0.15) is 45.0 Å². The molecule has 258 valence electrons. The zero-order valence-corrected chi connectivity index (χ0v) is 30.1. The predicted octanol–water partition coefficient (Wildman–Crippen LogP) is 11.2. The van der Waals surface area contributed by atoms with E-state index >= 15 is 0 Å². The fourth-order valence-electron chi connectivity index (χ4n) is 7.35. The lowest BCUT2D eigenvalue weighted by molar-refractivity contribution is 1.31. The molecule has 4 aromatic carbocycles. The number of rotatable bonds is 4. The largest absolute Gasteiger partial charge is 0.354 e. The molecule has 3 aromatic heterocycles. The van der Waals surface area contributed by atoms with Gasteiger partial charge in [-0.05, 0) is 119 Å². The zero-order chi connectivity index (χ0) is 38.2. The summed E-state index contributed by atoms with van der Waals surface area (Å²) in [6, 6.07) is 40.3. The second kappa shape index (κ2) is 13.9. The molecule has 0 aliphatic carbocycles. The number of aromatic amines is 2. The smallest absolute Gasteiger partial charge is 0.0737 e. The Kier molecular flexibility index (Phi) is 8.35. The van der Waals surface area contributed by atoms with Gasteiger partial charge in [-0.15, -0.1) is 25.7 Å². The van der Waals surface area contributed by atoms with Crippen molar-refractivity contribution in [1.82, 2.24) is 19.9 Å². The van der Waals surface area contributed by atoms with Crippen LogP contribution in [-0.4, -0.2) is 19.9 Å². The van der Waals surface area contributed by atoms with Gasteiger partial charge >= 0.3 is 0 Å². The van der Waals surface area contributed by atoms with Crippen molar-refractivity contribution in [3.63, 3.8) is 0 Å². The molecule has 4 nitrogen and oxygen atoms in total. The molecule has 2 aliphatic rings. The van der Waals surface area contributed by atoms with Gasteiger partial charge in [-0.1, -0.05) is 72.2 Å². The Bertz CT molecular complexity index is 2700. The molecule has 9 rings (SSSR count). The molecule has 2 aliphatic heterocycles. The predicted molar refractivity (Wildman–Crippen MR) is 232 cm³/mol. The number of hydrogen-bond acceptors (Lipinski definition) is 2. The number of nitrogens with zero attached hydrogens (tertiary/aromatic N) is 2. The van der Waals surface area contributed by atoms with Crippen molar-refractivity contribution < 1.29 is 0 Å². The van der Waals surface area contributed by atoms with Crippen LogP contribution in [-0.2, 0) is 0 Å². The number of H-pyrrole nitrogens is 2. The molecule has 5 heterocycles. The van der Waals surface area contributed by atoms with Crippen molar-refractivity contribution in [3.8, 4) is 93.9 Å². The molecule has 0 fully saturated rings. The summed E-state index contributed by atoms with van der Waals surface area (Å²) in [5, 5.41) is 0. The van der Waals surface area contributed by atoms with E-state index in [1.54, 1.807) is 0 Å². The molecule has 7 aromatic rings. The Labute approximate surface area is 325 Å². The van der Waals surface area contributed by atoms with Crippen LogP contribution in [0.5, 0.6) is 0 Å². The maximum atomic E-state index is 5.76. The standard InChI is InChI=1S/C52H30N4/c1-5-33-9-17-37(18-10-33)49-41-25-27-43(53-41)50(38-19-11-34(6-2)12-20-38)45-29-31-47(55-45)52(40-23-15-36(8-4)16-24-40)48-32-30-46(56-48)51(44-28-26-42(49)54-44)39-21-13-35(7-3)14-22-39/h1-4,9-32,53,56H. The summed E-state index contributed by atoms with van der Waals surface area (Å²) >= 11 is 0. The third-order valence-corrected chi connectivity index (χ3v) is 10.1. The summed E-state index contributed by atoms with van der Waals surface area (Å²) in [5.41, 5.74) is 17.5. The highest BCUT2D eigenvalue weighted by atomic mass is 14.8. The van der Waals surface area contributed by atoms with Crippen LogP contribution >= 0.6 is 0 Å². The Hall–Kier alpha value is -8.28. The molecule has 0 saturated carbocycles. The van der Waals surface area contributed by atoms with Gasteiger partial charge in [0.2, 0.25) is 0 Å². The number of benzene rings is 4. The first-order chi connectivity index (χ1) is 27.5. The maximum Gasteiger partial charge on any atom is 0.0737 e. The van der Waals surface area contributed by atoms with E-state index in [0.717, 1.165) is 112 Å². The molecule has 0 radical (unpaired) electrons. The average Bonchev–Trinajstić information content (AvgIpc) is 4.10. The van der Waals surface area contributed by atoms with Gasteiger partial charge < -0.3 is 9.97 Å². The molecule has 2 N–H and O–H groups in total. The van der Waals surface area contributed by atoms with Crippen molar-refractivity contribution >= 4 is 46.4 Å². The summed E-state index contributed by atoms with van der Waals surface area (Å²) in [6.07, 6.45) is 31.3. The molecule has 0 spiro atoms. The van der Waals surface area contributed by atoms with E-state index in [4.69, 9.17) is 35.7 Å². The van der Waals surface area contributed by atoms with E-state index in [2.05, 4.69) is 82.2 Å². The Balaban J connectivity index is 1.45. The number of fused-ring (bicyclic) bond motifs is 8. The van der Waals surface area contributed by atoms with Crippen LogP contribution in [0.25, 0.3) is 90.9 Å². The van der Waals surface area contributed by atoms with Crippen LogP contribution < -0.4 is 0 Å². The van der Waals surface area contributed by atoms with Gasteiger partial charge in [0, 0.05) is 66.6 Å². The Morgan fingerprint density at radius 1 is 0.304 bits per heavy atom. The monoisotopic (exact) mass is 710 g/mol. The van der Waals surface area contributed by atoms with Crippen molar-refractivity contribution in [2.24, 2.45) is 0 Å². The van der Waals surface area contributed by atoms with Gasteiger partial charge in [-0.2, -0.15) is 0 Å². The minimum absolute atomic E-state index is 0.798. The van der Waals surface area contributed by atoms with Crippen molar-refractivity contribution in [1.29, 1.82) is 0 Å². The van der Waals surface area contributed by atoms with E-state index < -0.39 is 0 Å². The minimum atomic E-state index is 0.798. The summed E-state index contributed by atoms with van der Waals surface area (Å²) in [7, 11) is 0. The van der Waals surface area contributed by atoms with E-state index in [-0.39, 0.29) is 0 Å². The maximum absolute atomic E-state index is 5.76. The average molecular weight is 711 g/mol. The van der Waals surface area contributed by atoms with Crippen molar-refractivity contribution in [2.45, 2.75) is 0 Å². The Morgan fingerprint density at radius 3 is 0.714 bits per heavy atom. The second-order valence-electron chi connectivity index (χ2n) is 13.4. The van der Waals surface area contributed by atoms with Crippen LogP contribution in [0, 0.1) is 49.4 Å². The number of hydrogen-bond donors (Lipinski definition) is 2. The van der Waals surface area contributed by atoms with E-state index in [1.807, 2.05) is 97.1 Å². The van der Waals surface area contributed by atoms with E-state index in [0.29, 0.717) is 0 Å². The molecule has 0 saturated heterocycles. The van der Waals surface area contributed by atoms with Crippen molar-refractivity contribution in [2.75, 3.05) is 0 Å². The SMILES string of the molecule is C#Cc1ccc(-c2c3nc(c(-c4ccc(C#C)cc4)c4ccc([nH]4)c(-c4ccc(C#C)cc4)c4nc(c(-c5ccc(C#C)cc5)c5ccc2[nH]5)C=C4)C=C3)cc1. The lowest BCUT2D eigenvalue weighted by Crippen LogP contribution is -1.90. The Morgan fingerprint density at radius 2 is 0.518 bits per heavy atom. The fraction of sp³-hybridized carbons (Fsp3) is 0. The lowest BCUT2D eigenvalue weighted by Gasteiger charge is -2.07. The van der Waals surface area contributed by atoms with E-state index in [1.165, 1.54) is 0 Å². The fourth-order valence-corrected chi connectivity index (χ4v) is 7.35. The summed E-state index contributed by atoms with van der Waals surface area (Å²) < 4.78 is 0. The highest BCUT2D eigenvalue weighted by Crippen LogP contribution is 2.38. The van der Waals surface area contributed by atoms with Crippen LogP contribution in [0.2, 0.25) is 0 Å². The van der Waals surface area contributed by atoms with Gasteiger partial charge in [-0.3, -0.25) is 0 Å². The highest BCUT2D eigenvalue weighted by Gasteiger charge is 2.19. The van der Waals surface area contributed by atoms with Gasteiger partial charge in [0.15, 0.2) is 0 Å². The van der Waals surface area contributed by atoms with E-state index in [9.17, 15) is 0 Å². The second-order valence-corrected chi connectivity index (χ2v) is 13.4. The molecule has 8 bridgehead atoms. The van der Waals surface area contributed by atoms with Gasteiger partial charge in [0.25, 0.3) is 0 Å².